The van der Waals surface area contributed by atoms with Gasteiger partial charge in [-0.1, -0.05) is 47.0 Å². The maximum absolute atomic E-state index is 14.3. The van der Waals surface area contributed by atoms with Gasteiger partial charge in [0.25, 0.3) is 12.3 Å². The number of ether oxygens (including phenoxy) is 3. The van der Waals surface area contributed by atoms with Crippen molar-refractivity contribution in [2.75, 3.05) is 44.3 Å². The topological polar surface area (TPSA) is 106 Å². The number of hydrogen-bond donors (Lipinski definition) is 0. The number of alkyl halides is 2. The van der Waals surface area contributed by atoms with Crippen molar-refractivity contribution in [3.63, 3.8) is 0 Å². The molecule has 1 atom stereocenters. The van der Waals surface area contributed by atoms with Gasteiger partial charge in [-0.05, 0) is 63.4 Å². The van der Waals surface area contributed by atoms with Gasteiger partial charge in [0.1, 0.15) is 30.0 Å². The van der Waals surface area contributed by atoms with Gasteiger partial charge in [0.2, 0.25) is 0 Å². The van der Waals surface area contributed by atoms with Crippen LogP contribution in [0.25, 0.3) is 0 Å². The van der Waals surface area contributed by atoms with Crippen molar-refractivity contribution in [3.8, 4) is 17.5 Å². The SMILES string of the molecule is CCN(C(=O)c1cc(F)ccc1Oc1nnc(Cl)c(N2CC3(CC(Oc4ccnc5c4C(COCC(F)F)N(Cc4ccccc4)CC5)C3)C2)n1)C(C)C. The van der Waals surface area contributed by atoms with E-state index < -0.39 is 18.8 Å². The van der Waals surface area contributed by atoms with Gasteiger partial charge in [0.15, 0.2) is 11.0 Å². The molecule has 286 valence electrons. The molecule has 1 aliphatic carbocycles. The minimum absolute atomic E-state index is 0.0107. The smallest absolute Gasteiger partial charge is 0.343 e. The van der Waals surface area contributed by atoms with Crippen LogP contribution in [0.5, 0.6) is 17.5 Å². The molecule has 7 rings (SSSR count). The van der Waals surface area contributed by atoms with Crippen LogP contribution in [-0.2, 0) is 17.7 Å². The van der Waals surface area contributed by atoms with E-state index in [1.54, 1.807) is 11.1 Å². The van der Waals surface area contributed by atoms with Crippen LogP contribution in [0.1, 0.15) is 66.8 Å². The predicted molar refractivity (Wildman–Crippen MR) is 196 cm³/mol. The molecule has 1 amide bonds. The van der Waals surface area contributed by atoms with Gasteiger partial charge in [-0.15, -0.1) is 5.10 Å². The number of halogens is 4. The Balaban J connectivity index is 1.01. The summed E-state index contributed by atoms with van der Waals surface area (Å²) >= 11 is 6.46. The number of rotatable bonds is 14. The normalized spacial score (nSPS) is 18.0. The third kappa shape index (κ3) is 8.10. The zero-order valence-corrected chi connectivity index (χ0v) is 31.2. The average molecular weight is 766 g/mol. The lowest BCUT2D eigenvalue weighted by atomic mass is 9.61. The van der Waals surface area contributed by atoms with E-state index in [4.69, 9.17) is 25.8 Å². The summed E-state index contributed by atoms with van der Waals surface area (Å²) in [6.45, 7) is 8.22. The van der Waals surface area contributed by atoms with Crippen molar-refractivity contribution in [3.05, 3.63) is 94.1 Å². The number of amides is 1. The lowest BCUT2D eigenvalue weighted by molar-refractivity contribution is -0.0378. The van der Waals surface area contributed by atoms with Crippen LogP contribution in [0, 0.1) is 11.2 Å². The average Bonchev–Trinajstić information content (AvgIpc) is 3.11. The van der Waals surface area contributed by atoms with Gasteiger partial charge >= 0.3 is 6.01 Å². The van der Waals surface area contributed by atoms with E-state index in [1.807, 2.05) is 49.9 Å². The number of fused-ring (bicyclic) bond motifs is 1. The van der Waals surface area contributed by atoms with E-state index >= 15 is 0 Å². The van der Waals surface area contributed by atoms with Crippen molar-refractivity contribution < 1.29 is 32.2 Å². The number of carbonyl (C=O) groups is 1. The molecule has 11 nitrogen and oxygen atoms in total. The van der Waals surface area contributed by atoms with Crippen molar-refractivity contribution in [1.29, 1.82) is 0 Å². The van der Waals surface area contributed by atoms with Gasteiger partial charge in [0.05, 0.1) is 23.9 Å². The fraction of sp³-hybridized carbons (Fsp3) is 0.462. The Labute approximate surface area is 317 Å². The number of hydrogen-bond acceptors (Lipinski definition) is 10. The van der Waals surface area contributed by atoms with E-state index in [1.165, 1.54) is 12.1 Å². The van der Waals surface area contributed by atoms with Crippen LogP contribution in [0.15, 0.2) is 60.8 Å². The standard InChI is InChI=1S/C39H43ClF3N7O4/c1-4-50(24(2)3)37(51)28-16-26(41)10-11-31(28)54-38-45-36(35(40)46-47-38)49-22-39(23-49)17-27(18-39)53-32-12-14-44-29-13-15-48(19-25-8-6-5-7-9-25)30(34(29)32)20-52-21-33(42)43/h5-12,14,16,24,27,30,33H,4,13,15,17-23H2,1-3H3. The Morgan fingerprint density at radius 3 is 2.57 bits per heavy atom. The van der Waals surface area contributed by atoms with E-state index in [0.717, 1.165) is 42.3 Å². The summed E-state index contributed by atoms with van der Waals surface area (Å²) < 4.78 is 58.5. The fourth-order valence-corrected chi connectivity index (χ4v) is 8.04. The molecule has 3 aliphatic rings. The quantitative estimate of drug-likeness (QED) is 0.131. The van der Waals surface area contributed by atoms with Crippen LogP contribution in [0.2, 0.25) is 5.15 Å². The molecule has 2 aromatic carbocycles. The number of carbonyl (C=O) groups excluding carboxylic acids is 1. The molecule has 1 spiro atoms. The summed E-state index contributed by atoms with van der Waals surface area (Å²) in [5.41, 5.74) is 2.97. The van der Waals surface area contributed by atoms with Crippen LogP contribution in [0.3, 0.4) is 0 Å². The molecule has 15 heteroatoms. The lowest BCUT2D eigenvalue weighted by Gasteiger charge is -2.58. The van der Waals surface area contributed by atoms with Gasteiger partial charge in [-0.2, -0.15) is 4.98 Å². The Bertz CT molecular complexity index is 1950. The summed E-state index contributed by atoms with van der Waals surface area (Å²) in [6.07, 6.45) is 1.45. The predicted octanol–water partition coefficient (Wildman–Crippen LogP) is 7.15. The van der Waals surface area contributed by atoms with E-state index in [0.29, 0.717) is 44.2 Å². The minimum Gasteiger partial charge on any atom is -0.490 e. The molecule has 2 fully saturated rings. The number of anilines is 1. The van der Waals surface area contributed by atoms with Crippen molar-refractivity contribution in [2.24, 2.45) is 5.41 Å². The molecular weight excluding hydrogens is 723 g/mol. The highest BCUT2D eigenvalue weighted by Crippen LogP contribution is 2.52. The van der Waals surface area contributed by atoms with Crippen LogP contribution in [0.4, 0.5) is 19.0 Å². The van der Waals surface area contributed by atoms with Crippen molar-refractivity contribution in [1.82, 2.24) is 30.0 Å². The van der Waals surface area contributed by atoms with Crippen LogP contribution in [-0.4, -0.2) is 93.8 Å². The first-order valence-corrected chi connectivity index (χ1v) is 18.6. The zero-order chi connectivity index (χ0) is 38.0. The lowest BCUT2D eigenvalue weighted by Crippen LogP contribution is -2.65. The highest BCUT2D eigenvalue weighted by molar-refractivity contribution is 6.31. The third-order valence-corrected chi connectivity index (χ3v) is 10.6. The second kappa shape index (κ2) is 16.1. The summed E-state index contributed by atoms with van der Waals surface area (Å²) in [4.78, 5) is 28.3. The van der Waals surface area contributed by atoms with Crippen molar-refractivity contribution in [2.45, 2.75) is 71.2 Å². The fourth-order valence-electron chi connectivity index (χ4n) is 7.84. The Morgan fingerprint density at radius 2 is 1.85 bits per heavy atom. The summed E-state index contributed by atoms with van der Waals surface area (Å²) in [5.74, 6) is 0.278. The van der Waals surface area contributed by atoms with Gasteiger partial charge in [-0.25, -0.2) is 13.2 Å². The molecule has 2 aliphatic heterocycles. The first-order valence-electron chi connectivity index (χ1n) is 18.2. The molecule has 4 heterocycles. The van der Waals surface area contributed by atoms with E-state index in [2.05, 4.69) is 37.2 Å². The third-order valence-electron chi connectivity index (χ3n) is 10.4. The molecule has 0 radical (unpaired) electrons. The minimum atomic E-state index is -2.56. The Kier molecular flexibility index (Phi) is 11.2. The van der Waals surface area contributed by atoms with Gasteiger partial charge in [0, 0.05) is 62.4 Å². The number of aromatic nitrogens is 4. The maximum atomic E-state index is 14.3. The summed E-state index contributed by atoms with van der Waals surface area (Å²) in [7, 11) is 0. The Morgan fingerprint density at radius 1 is 1.07 bits per heavy atom. The van der Waals surface area contributed by atoms with Gasteiger partial charge < -0.3 is 24.0 Å². The summed E-state index contributed by atoms with van der Waals surface area (Å²) in [6, 6.07) is 15.1. The first-order chi connectivity index (χ1) is 26.0. The maximum Gasteiger partial charge on any atom is 0.343 e. The number of benzene rings is 2. The molecule has 4 aromatic rings. The van der Waals surface area contributed by atoms with Crippen molar-refractivity contribution >= 4 is 23.3 Å². The van der Waals surface area contributed by atoms with Crippen LogP contribution < -0.4 is 14.4 Å². The highest BCUT2D eigenvalue weighted by atomic mass is 35.5. The van der Waals surface area contributed by atoms with Gasteiger partial charge in [-0.3, -0.25) is 14.7 Å². The van der Waals surface area contributed by atoms with Crippen LogP contribution >= 0.6 is 11.6 Å². The molecule has 0 N–H and O–H groups in total. The second-order valence-electron chi connectivity index (χ2n) is 14.5. The van der Waals surface area contributed by atoms with E-state index in [9.17, 15) is 18.0 Å². The molecular formula is C39H43ClF3N7O4. The van der Waals surface area contributed by atoms with E-state index in [-0.39, 0.29) is 58.6 Å². The highest BCUT2D eigenvalue weighted by Gasteiger charge is 2.54. The second-order valence-corrected chi connectivity index (χ2v) is 14.8. The number of pyridine rings is 1. The molecule has 1 unspecified atom stereocenters. The Hall–Kier alpha value is -4.53. The molecule has 1 saturated carbocycles. The molecule has 1 saturated heterocycles. The largest absolute Gasteiger partial charge is 0.490 e. The zero-order valence-electron chi connectivity index (χ0n) is 30.4. The molecule has 2 aromatic heterocycles. The summed E-state index contributed by atoms with van der Waals surface area (Å²) in [5, 5.41) is 8.15. The first kappa shape index (κ1) is 37.8. The molecule has 54 heavy (non-hydrogen) atoms. The molecule has 0 bridgehead atoms. The monoisotopic (exact) mass is 765 g/mol. The number of nitrogens with zero attached hydrogens (tertiary/aromatic N) is 7.